The monoisotopic (exact) mass is 251 g/mol. The van der Waals surface area contributed by atoms with Crippen LogP contribution in [-0.4, -0.2) is 21.9 Å². The number of carbonyl (C=O) groups excluding carboxylic acids is 1. The highest BCUT2D eigenvalue weighted by Gasteiger charge is 2.12. The number of amides is 1. The van der Waals surface area contributed by atoms with Crippen molar-refractivity contribution in [1.29, 1.82) is 0 Å². The molecule has 0 saturated heterocycles. The number of hydrogen-bond acceptors (Lipinski definition) is 5. The molecule has 6 nitrogen and oxygen atoms in total. The fourth-order valence-corrected chi connectivity index (χ4v) is 1.50. The summed E-state index contributed by atoms with van der Waals surface area (Å²) >= 11 is 0. The van der Waals surface area contributed by atoms with Gasteiger partial charge in [0, 0.05) is 6.04 Å². The molecule has 4 N–H and O–H groups in total. The van der Waals surface area contributed by atoms with Crippen molar-refractivity contribution in [3.8, 4) is 0 Å². The van der Waals surface area contributed by atoms with Crippen molar-refractivity contribution in [2.45, 2.75) is 39.7 Å². The Morgan fingerprint density at radius 1 is 1.33 bits per heavy atom. The topological polar surface area (TPSA) is 92.9 Å². The molecule has 0 bridgehead atoms. The van der Waals surface area contributed by atoms with E-state index in [4.69, 9.17) is 5.84 Å². The lowest BCUT2D eigenvalue weighted by Gasteiger charge is -2.14. The van der Waals surface area contributed by atoms with Gasteiger partial charge in [0.05, 0.1) is 12.4 Å². The number of hydrogen-bond donors (Lipinski definition) is 3. The fraction of sp³-hybridized carbons (Fsp3) is 0.583. The van der Waals surface area contributed by atoms with Crippen LogP contribution < -0.4 is 16.6 Å². The summed E-state index contributed by atoms with van der Waals surface area (Å²) in [5.74, 6) is 6.00. The zero-order chi connectivity index (χ0) is 13.5. The molecular formula is C12H21N5O. The zero-order valence-corrected chi connectivity index (χ0v) is 11.1. The number of nitrogens with one attached hydrogen (secondary N) is 2. The Balaban J connectivity index is 2.53. The van der Waals surface area contributed by atoms with Crippen LogP contribution in [0.25, 0.3) is 0 Å². The standard InChI is InChI=1S/C12H21N5O/c1-8(2)4-5-9(3)15-12(18)10-6-14-7-11(16-10)17-13/h6-9H,4-5,13H2,1-3H3,(H,15,18)(H,16,17). The third-order valence-corrected chi connectivity index (χ3v) is 2.57. The van der Waals surface area contributed by atoms with Crippen molar-refractivity contribution in [3.05, 3.63) is 18.1 Å². The maximum absolute atomic E-state index is 11.9. The summed E-state index contributed by atoms with van der Waals surface area (Å²) in [7, 11) is 0. The molecule has 1 aromatic heterocycles. The molecule has 0 fully saturated rings. The average Bonchev–Trinajstić information content (AvgIpc) is 2.36. The van der Waals surface area contributed by atoms with Gasteiger partial charge < -0.3 is 10.7 Å². The number of rotatable bonds is 6. The molecule has 1 heterocycles. The van der Waals surface area contributed by atoms with E-state index in [9.17, 15) is 4.79 Å². The van der Waals surface area contributed by atoms with Gasteiger partial charge >= 0.3 is 0 Å². The van der Waals surface area contributed by atoms with Gasteiger partial charge in [-0.25, -0.2) is 10.8 Å². The molecule has 1 amide bonds. The Bertz CT molecular complexity index is 394. The first-order valence-corrected chi connectivity index (χ1v) is 6.12. The molecule has 0 saturated carbocycles. The molecule has 1 aromatic rings. The summed E-state index contributed by atoms with van der Waals surface area (Å²) in [6.45, 7) is 6.31. The minimum atomic E-state index is -0.226. The Kier molecular flexibility index (Phi) is 5.51. The van der Waals surface area contributed by atoms with Crippen LogP contribution in [0.3, 0.4) is 0 Å². The first-order chi connectivity index (χ1) is 8.52. The van der Waals surface area contributed by atoms with Crippen molar-refractivity contribution in [2.24, 2.45) is 11.8 Å². The second-order valence-corrected chi connectivity index (χ2v) is 4.78. The van der Waals surface area contributed by atoms with Crippen LogP contribution in [0.15, 0.2) is 12.4 Å². The predicted octanol–water partition coefficient (Wildman–Crippen LogP) is 1.32. The fourth-order valence-electron chi connectivity index (χ4n) is 1.50. The average molecular weight is 251 g/mol. The third kappa shape index (κ3) is 4.67. The molecule has 0 aliphatic carbocycles. The first-order valence-electron chi connectivity index (χ1n) is 6.12. The number of carbonyl (C=O) groups is 1. The number of nitrogens with two attached hydrogens (primary N) is 1. The van der Waals surface area contributed by atoms with Crippen molar-refractivity contribution in [2.75, 3.05) is 5.43 Å². The highest BCUT2D eigenvalue weighted by Crippen LogP contribution is 2.07. The van der Waals surface area contributed by atoms with Crippen molar-refractivity contribution >= 4 is 11.7 Å². The quantitative estimate of drug-likeness (QED) is 0.523. The minimum Gasteiger partial charge on any atom is -0.348 e. The van der Waals surface area contributed by atoms with E-state index in [0.29, 0.717) is 11.7 Å². The van der Waals surface area contributed by atoms with Crippen molar-refractivity contribution in [1.82, 2.24) is 15.3 Å². The normalized spacial score (nSPS) is 12.3. The Morgan fingerprint density at radius 2 is 2.06 bits per heavy atom. The second-order valence-electron chi connectivity index (χ2n) is 4.78. The molecule has 0 aliphatic rings. The lowest BCUT2D eigenvalue weighted by molar-refractivity contribution is 0.0932. The summed E-state index contributed by atoms with van der Waals surface area (Å²) in [4.78, 5) is 19.8. The number of anilines is 1. The summed E-state index contributed by atoms with van der Waals surface area (Å²) in [5, 5.41) is 2.89. The second kappa shape index (κ2) is 6.90. The van der Waals surface area contributed by atoms with Gasteiger partial charge in [-0.3, -0.25) is 9.78 Å². The number of nitrogen functional groups attached to an aromatic ring is 1. The minimum absolute atomic E-state index is 0.121. The van der Waals surface area contributed by atoms with E-state index in [1.165, 1.54) is 12.4 Å². The van der Waals surface area contributed by atoms with E-state index in [-0.39, 0.29) is 17.6 Å². The molecule has 1 unspecified atom stereocenters. The maximum Gasteiger partial charge on any atom is 0.271 e. The molecule has 0 radical (unpaired) electrons. The molecule has 0 aliphatic heterocycles. The molecule has 6 heteroatoms. The smallest absolute Gasteiger partial charge is 0.271 e. The van der Waals surface area contributed by atoms with E-state index in [0.717, 1.165) is 12.8 Å². The molecular weight excluding hydrogens is 230 g/mol. The van der Waals surface area contributed by atoms with Gasteiger partial charge in [-0.2, -0.15) is 0 Å². The van der Waals surface area contributed by atoms with Crippen LogP contribution in [0.5, 0.6) is 0 Å². The Labute approximate surface area is 107 Å². The molecule has 0 aromatic carbocycles. The third-order valence-electron chi connectivity index (χ3n) is 2.57. The van der Waals surface area contributed by atoms with Gasteiger partial charge in [0.2, 0.25) is 0 Å². The lowest BCUT2D eigenvalue weighted by Crippen LogP contribution is -2.33. The molecule has 1 rings (SSSR count). The predicted molar refractivity (Wildman–Crippen MR) is 70.8 cm³/mol. The van der Waals surface area contributed by atoms with Gasteiger partial charge in [0.1, 0.15) is 5.69 Å². The summed E-state index contributed by atoms with van der Waals surface area (Å²) < 4.78 is 0. The van der Waals surface area contributed by atoms with Crippen LogP contribution >= 0.6 is 0 Å². The Morgan fingerprint density at radius 3 is 2.67 bits per heavy atom. The zero-order valence-electron chi connectivity index (χ0n) is 11.1. The summed E-state index contributed by atoms with van der Waals surface area (Å²) in [6, 6.07) is 0.121. The molecule has 1 atom stereocenters. The highest BCUT2D eigenvalue weighted by atomic mass is 16.1. The van der Waals surface area contributed by atoms with Crippen LogP contribution in [0.4, 0.5) is 5.82 Å². The lowest BCUT2D eigenvalue weighted by atomic mass is 10.0. The SMILES string of the molecule is CC(C)CCC(C)NC(=O)c1cncc(NN)n1. The largest absolute Gasteiger partial charge is 0.348 e. The van der Waals surface area contributed by atoms with Crippen LogP contribution in [0.2, 0.25) is 0 Å². The Hall–Kier alpha value is -1.69. The van der Waals surface area contributed by atoms with E-state index < -0.39 is 0 Å². The summed E-state index contributed by atoms with van der Waals surface area (Å²) in [6.07, 6.45) is 4.91. The van der Waals surface area contributed by atoms with Gasteiger partial charge in [-0.05, 0) is 25.7 Å². The van der Waals surface area contributed by atoms with Crippen LogP contribution in [0.1, 0.15) is 44.1 Å². The number of hydrazine groups is 1. The molecule has 100 valence electrons. The van der Waals surface area contributed by atoms with E-state index in [1.54, 1.807) is 0 Å². The van der Waals surface area contributed by atoms with Crippen molar-refractivity contribution in [3.63, 3.8) is 0 Å². The van der Waals surface area contributed by atoms with Crippen LogP contribution in [0, 0.1) is 5.92 Å². The van der Waals surface area contributed by atoms with Crippen molar-refractivity contribution < 1.29 is 4.79 Å². The number of nitrogens with zero attached hydrogens (tertiary/aromatic N) is 2. The van der Waals surface area contributed by atoms with Crippen LogP contribution in [-0.2, 0) is 0 Å². The van der Waals surface area contributed by atoms with E-state index in [2.05, 4.69) is 34.6 Å². The van der Waals surface area contributed by atoms with E-state index in [1.807, 2.05) is 6.92 Å². The van der Waals surface area contributed by atoms with Gasteiger partial charge in [-0.15, -0.1) is 0 Å². The first kappa shape index (κ1) is 14.4. The van der Waals surface area contributed by atoms with Gasteiger partial charge in [0.25, 0.3) is 5.91 Å². The maximum atomic E-state index is 11.9. The number of aromatic nitrogens is 2. The molecule has 0 spiro atoms. The molecule has 18 heavy (non-hydrogen) atoms. The van der Waals surface area contributed by atoms with Gasteiger partial charge in [-0.1, -0.05) is 13.8 Å². The highest BCUT2D eigenvalue weighted by molar-refractivity contribution is 5.92. The summed E-state index contributed by atoms with van der Waals surface area (Å²) in [5.41, 5.74) is 2.63. The van der Waals surface area contributed by atoms with Gasteiger partial charge in [0.15, 0.2) is 5.82 Å². The van der Waals surface area contributed by atoms with E-state index >= 15 is 0 Å².